The zero-order valence-corrected chi connectivity index (χ0v) is 13.7. The molecule has 1 aliphatic heterocycles. The molecule has 0 aromatic heterocycles. The first-order valence-electron chi connectivity index (χ1n) is 7.07. The van der Waals surface area contributed by atoms with Gasteiger partial charge in [-0.25, -0.2) is 4.39 Å². The van der Waals surface area contributed by atoms with Crippen LogP contribution in [0.4, 0.5) is 10.1 Å². The first-order valence-corrected chi connectivity index (χ1v) is 7.95. The SMILES string of the molecule is COC[C@H](C)N=C1NC(=O)[C@H](CC(=O)Nc2ccc(F)cc2)S1. The number of hydrogen-bond acceptors (Lipinski definition) is 5. The minimum absolute atomic E-state index is 0.0194. The quantitative estimate of drug-likeness (QED) is 0.828. The lowest BCUT2D eigenvalue weighted by molar-refractivity contribution is -0.122. The molecule has 124 valence electrons. The van der Waals surface area contributed by atoms with Crippen LogP contribution in [-0.2, 0) is 14.3 Å². The monoisotopic (exact) mass is 339 g/mol. The Morgan fingerprint density at radius 3 is 2.83 bits per heavy atom. The summed E-state index contributed by atoms with van der Waals surface area (Å²) >= 11 is 1.23. The highest BCUT2D eigenvalue weighted by atomic mass is 32.2. The molecular formula is C15H18FN3O3S. The summed E-state index contributed by atoms with van der Waals surface area (Å²) in [6, 6.07) is 5.38. The topological polar surface area (TPSA) is 79.8 Å². The van der Waals surface area contributed by atoms with Gasteiger partial charge >= 0.3 is 0 Å². The molecule has 0 radical (unpaired) electrons. The predicted octanol–water partition coefficient (Wildman–Crippen LogP) is 1.78. The second-order valence-electron chi connectivity index (χ2n) is 5.09. The van der Waals surface area contributed by atoms with Crippen LogP contribution in [0.15, 0.2) is 29.3 Å². The molecule has 2 rings (SSSR count). The summed E-state index contributed by atoms with van der Waals surface area (Å²) in [6.07, 6.45) is 0.0194. The van der Waals surface area contributed by atoms with Crippen molar-refractivity contribution in [3.63, 3.8) is 0 Å². The number of aliphatic imine (C=N–C) groups is 1. The summed E-state index contributed by atoms with van der Waals surface area (Å²) in [5.41, 5.74) is 0.488. The van der Waals surface area contributed by atoms with E-state index in [4.69, 9.17) is 4.74 Å². The Hall–Kier alpha value is -1.93. The van der Waals surface area contributed by atoms with Crippen LogP contribution < -0.4 is 10.6 Å². The number of rotatable bonds is 6. The van der Waals surface area contributed by atoms with Crippen LogP contribution in [0.2, 0.25) is 0 Å². The third-order valence-corrected chi connectivity index (χ3v) is 4.12. The van der Waals surface area contributed by atoms with Gasteiger partial charge in [0.1, 0.15) is 11.1 Å². The summed E-state index contributed by atoms with van der Waals surface area (Å²) in [7, 11) is 1.58. The Morgan fingerprint density at radius 2 is 2.17 bits per heavy atom. The second kappa shape index (κ2) is 8.07. The Balaban J connectivity index is 1.88. The average molecular weight is 339 g/mol. The van der Waals surface area contributed by atoms with E-state index in [1.165, 1.54) is 36.0 Å². The maximum Gasteiger partial charge on any atom is 0.240 e. The van der Waals surface area contributed by atoms with E-state index in [0.717, 1.165) is 0 Å². The first-order chi connectivity index (χ1) is 11.0. The number of carbonyl (C=O) groups excluding carboxylic acids is 2. The molecule has 0 aliphatic carbocycles. The molecule has 23 heavy (non-hydrogen) atoms. The number of ether oxygens (including phenoxy) is 1. The maximum atomic E-state index is 12.8. The molecule has 2 atom stereocenters. The smallest absolute Gasteiger partial charge is 0.240 e. The van der Waals surface area contributed by atoms with Gasteiger partial charge in [-0.2, -0.15) is 0 Å². The van der Waals surface area contributed by atoms with Gasteiger partial charge in [0.15, 0.2) is 5.17 Å². The van der Waals surface area contributed by atoms with Gasteiger partial charge in [0.05, 0.1) is 12.6 Å². The van der Waals surface area contributed by atoms with Crippen molar-refractivity contribution in [1.82, 2.24) is 5.32 Å². The van der Waals surface area contributed by atoms with Gasteiger partial charge in [-0.1, -0.05) is 11.8 Å². The van der Waals surface area contributed by atoms with Crippen LogP contribution >= 0.6 is 11.8 Å². The van der Waals surface area contributed by atoms with Crippen LogP contribution in [0.1, 0.15) is 13.3 Å². The number of nitrogens with zero attached hydrogens (tertiary/aromatic N) is 1. The van der Waals surface area contributed by atoms with Gasteiger partial charge in [0, 0.05) is 19.2 Å². The number of hydrogen-bond donors (Lipinski definition) is 2. The van der Waals surface area contributed by atoms with Crippen molar-refractivity contribution < 1.29 is 18.7 Å². The summed E-state index contributed by atoms with van der Waals surface area (Å²) in [5.74, 6) is -0.928. The number of nitrogens with one attached hydrogen (secondary N) is 2. The molecule has 0 spiro atoms. The Kier molecular flexibility index (Phi) is 6.12. The molecule has 0 bridgehead atoms. The molecule has 0 unspecified atom stereocenters. The Bertz CT molecular complexity index is 606. The van der Waals surface area contributed by atoms with E-state index < -0.39 is 5.25 Å². The Morgan fingerprint density at radius 1 is 1.48 bits per heavy atom. The number of amidine groups is 1. The van der Waals surface area contributed by atoms with Crippen LogP contribution in [-0.4, -0.2) is 42.0 Å². The summed E-state index contributed by atoms with van der Waals surface area (Å²) in [4.78, 5) is 28.2. The fraction of sp³-hybridized carbons (Fsp3) is 0.400. The van der Waals surface area contributed by atoms with Crippen molar-refractivity contribution in [2.45, 2.75) is 24.6 Å². The van der Waals surface area contributed by atoms with Crippen LogP contribution in [0, 0.1) is 5.82 Å². The molecule has 0 saturated carbocycles. The second-order valence-corrected chi connectivity index (χ2v) is 6.28. The number of benzene rings is 1. The molecular weight excluding hydrogens is 321 g/mol. The lowest BCUT2D eigenvalue weighted by Crippen LogP contribution is -2.28. The van der Waals surface area contributed by atoms with E-state index >= 15 is 0 Å². The molecule has 2 amide bonds. The van der Waals surface area contributed by atoms with Gasteiger partial charge < -0.3 is 15.4 Å². The zero-order chi connectivity index (χ0) is 16.8. The van der Waals surface area contributed by atoms with E-state index in [2.05, 4.69) is 15.6 Å². The first kappa shape index (κ1) is 17.4. The zero-order valence-electron chi connectivity index (χ0n) is 12.8. The number of carbonyl (C=O) groups is 2. The maximum absolute atomic E-state index is 12.8. The van der Waals surface area contributed by atoms with E-state index in [1.807, 2.05) is 6.92 Å². The molecule has 2 N–H and O–H groups in total. The summed E-state index contributed by atoms with van der Waals surface area (Å²) < 4.78 is 17.8. The largest absolute Gasteiger partial charge is 0.382 e. The molecule has 1 aliphatic rings. The standard InChI is InChI=1S/C15H18FN3O3S/c1-9(8-22-2)17-15-19-14(21)12(23-15)7-13(20)18-11-5-3-10(16)4-6-11/h3-6,9,12H,7-8H2,1-2H3,(H,18,20)(H,17,19,21)/t9-,12-/m0/s1. The van der Waals surface area contributed by atoms with Crippen LogP contribution in [0.25, 0.3) is 0 Å². The lowest BCUT2D eigenvalue weighted by atomic mass is 10.2. The molecule has 6 nitrogen and oxygen atoms in total. The highest BCUT2D eigenvalue weighted by molar-refractivity contribution is 8.15. The fourth-order valence-electron chi connectivity index (χ4n) is 1.99. The van der Waals surface area contributed by atoms with Crippen LogP contribution in [0.5, 0.6) is 0 Å². The average Bonchev–Trinajstić information content (AvgIpc) is 2.81. The normalized spacial score (nSPS) is 20.4. The number of amides is 2. The van der Waals surface area contributed by atoms with Crippen LogP contribution in [0.3, 0.4) is 0 Å². The van der Waals surface area contributed by atoms with E-state index in [0.29, 0.717) is 17.5 Å². The number of methoxy groups -OCH3 is 1. The minimum Gasteiger partial charge on any atom is -0.382 e. The van der Waals surface area contributed by atoms with Gasteiger partial charge in [-0.05, 0) is 31.2 Å². The predicted molar refractivity (Wildman–Crippen MR) is 87.9 cm³/mol. The highest BCUT2D eigenvalue weighted by Gasteiger charge is 2.32. The summed E-state index contributed by atoms with van der Waals surface area (Å²) in [5, 5.41) is 5.27. The lowest BCUT2D eigenvalue weighted by Gasteiger charge is -2.07. The molecule has 1 fully saturated rings. The van der Waals surface area contributed by atoms with Gasteiger partial charge in [0.2, 0.25) is 11.8 Å². The molecule has 1 saturated heterocycles. The highest BCUT2D eigenvalue weighted by Crippen LogP contribution is 2.23. The van der Waals surface area contributed by atoms with Crippen molar-refractivity contribution in [2.75, 3.05) is 19.0 Å². The third kappa shape index (κ3) is 5.33. The minimum atomic E-state index is -0.524. The van der Waals surface area contributed by atoms with Gasteiger partial charge in [0.25, 0.3) is 0 Å². The number of thioether (sulfide) groups is 1. The third-order valence-electron chi connectivity index (χ3n) is 3.02. The molecule has 1 heterocycles. The van der Waals surface area contributed by atoms with Crippen molar-refractivity contribution in [2.24, 2.45) is 4.99 Å². The van der Waals surface area contributed by atoms with E-state index in [1.54, 1.807) is 7.11 Å². The molecule has 8 heteroatoms. The van der Waals surface area contributed by atoms with Crippen molar-refractivity contribution in [1.29, 1.82) is 0 Å². The number of halogens is 1. The number of anilines is 1. The summed E-state index contributed by atoms with van der Waals surface area (Å²) in [6.45, 7) is 2.33. The van der Waals surface area contributed by atoms with Crippen molar-refractivity contribution in [3.8, 4) is 0 Å². The molecule has 1 aromatic carbocycles. The molecule has 1 aromatic rings. The fourth-order valence-corrected chi connectivity index (χ4v) is 3.06. The van der Waals surface area contributed by atoms with Gasteiger partial charge in [-0.15, -0.1) is 0 Å². The van der Waals surface area contributed by atoms with E-state index in [9.17, 15) is 14.0 Å². The Labute approximate surface area is 137 Å². The van der Waals surface area contributed by atoms with Crippen molar-refractivity contribution >= 4 is 34.4 Å². The van der Waals surface area contributed by atoms with Gasteiger partial charge in [-0.3, -0.25) is 14.6 Å². The van der Waals surface area contributed by atoms with E-state index in [-0.39, 0.29) is 30.1 Å². The van der Waals surface area contributed by atoms with Crippen molar-refractivity contribution in [3.05, 3.63) is 30.1 Å².